The van der Waals surface area contributed by atoms with Crippen LogP contribution in [0.2, 0.25) is 0 Å². The van der Waals surface area contributed by atoms with Crippen LogP contribution in [0.15, 0.2) is 54.1 Å². The van der Waals surface area contributed by atoms with Gasteiger partial charge in [0.25, 0.3) is 11.8 Å². The van der Waals surface area contributed by atoms with E-state index in [0.717, 1.165) is 30.5 Å². The molecule has 11 heteroatoms. The summed E-state index contributed by atoms with van der Waals surface area (Å²) in [5, 5.41) is 4.75. The van der Waals surface area contributed by atoms with E-state index in [1.165, 1.54) is 12.1 Å². The van der Waals surface area contributed by atoms with Crippen LogP contribution in [0.25, 0.3) is 5.57 Å². The fraction of sp³-hybridized carbons (Fsp3) is 0.407. The Labute approximate surface area is 215 Å². The molecule has 2 aromatic carbocycles. The first-order valence-corrected chi connectivity index (χ1v) is 12.1. The minimum absolute atomic E-state index is 0.0308. The van der Waals surface area contributed by atoms with Gasteiger partial charge in [-0.3, -0.25) is 9.59 Å². The summed E-state index contributed by atoms with van der Waals surface area (Å²) in [7, 11) is 0. The molecule has 1 fully saturated rings. The van der Waals surface area contributed by atoms with E-state index in [1.807, 2.05) is 0 Å². The average molecular weight is 541 g/mol. The number of aryl methyl sites for hydroxylation is 1. The molecule has 0 bridgehead atoms. The van der Waals surface area contributed by atoms with E-state index in [2.05, 4.69) is 10.6 Å². The van der Waals surface area contributed by atoms with Gasteiger partial charge in [-0.2, -0.15) is 26.3 Å². The Balaban J connectivity index is 1.68. The second kappa shape index (κ2) is 10.3. The summed E-state index contributed by atoms with van der Waals surface area (Å²) >= 11 is 0. The van der Waals surface area contributed by atoms with Crippen molar-refractivity contribution in [2.24, 2.45) is 0 Å². The van der Waals surface area contributed by atoms with E-state index in [-0.39, 0.29) is 41.5 Å². The lowest BCUT2D eigenvalue weighted by Gasteiger charge is -2.41. The van der Waals surface area contributed by atoms with E-state index >= 15 is 0 Å². The zero-order valence-corrected chi connectivity index (χ0v) is 20.4. The fourth-order valence-corrected chi connectivity index (χ4v) is 4.32. The first-order valence-electron chi connectivity index (χ1n) is 12.1. The van der Waals surface area contributed by atoms with Crippen molar-refractivity contribution in [1.29, 1.82) is 0 Å². The van der Waals surface area contributed by atoms with Crippen LogP contribution >= 0.6 is 0 Å². The van der Waals surface area contributed by atoms with Crippen molar-refractivity contribution in [3.05, 3.63) is 70.8 Å². The topological polar surface area (TPSA) is 67.4 Å². The standard InChI is InChI=1S/C27H26F6N2O3/c1-16-3-5-17(6-4-16)21-15-25(27(31,32)33,35-24(37)22(21)23(36)34-19-9-10-19)18-7-11-20(12-8-18)38-14-2-13-26(28,29)30/h3-8,11-12,19H,2,9-10,13-15H2,1H3,(H,34,36)(H,35,37). The molecule has 2 N–H and O–H groups in total. The molecule has 4 rings (SSSR count). The lowest BCUT2D eigenvalue weighted by molar-refractivity contribution is -0.202. The molecule has 0 saturated heterocycles. The minimum Gasteiger partial charge on any atom is -0.494 e. The quantitative estimate of drug-likeness (QED) is 0.256. The van der Waals surface area contributed by atoms with Crippen molar-refractivity contribution in [3.8, 4) is 5.75 Å². The number of rotatable bonds is 8. The zero-order valence-electron chi connectivity index (χ0n) is 20.4. The number of hydrogen-bond donors (Lipinski definition) is 2. The third kappa shape index (κ3) is 6.14. The number of amides is 2. The normalized spacial score (nSPS) is 20.2. The number of carbonyl (C=O) groups is 2. The summed E-state index contributed by atoms with van der Waals surface area (Å²) in [6.45, 7) is 1.54. The van der Waals surface area contributed by atoms with Crippen LogP contribution in [0.5, 0.6) is 5.75 Å². The molecule has 38 heavy (non-hydrogen) atoms. The molecular weight excluding hydrogens is 514 g/mol. The number of benzene rings is 2. The molecule has 1 unspecified atom stereocenters. The summed E-state index contributed by atoms with van der Waals surface area (Å²) in [6, 6.07) is 11.1. The predicted octanol–water partition coefficient (Wildman–Crippen LogP) is 5.73. The van der Waals surface area contributed by atoms with Crippen molar-refractivity contribution in [1.82, 2.24) is 10.6 Å². The molecule has 0 radical (unpaired) electrons. The Kier molecular flexibility index (Phi) is 7.49. The second-order valence-corrected chi connectivity index (χ2v) is 9.59. The molecule has 204 valence electrons. The molecule has 0 aromatic heterocycles. The predicted molar refractivity (Wildman–Crippen MR) is 127 cm³/mol. The van der Waals surface area contributed by atoms with Crippen molar-refractivity contribution < 1.29 is 40.7 Å². The Morgan fingerprint density at radius 2 is 1.66 bits per heavy atom. The van der Waals surface area contributed by atoms with Gasteiger partial charge in [-0.15, -0.1) is 0 Å². The van der Waals surface area contributed by atoms with Crippen molar-refractivity contribution >= 4 is 17.4 Å². The third-order valence-corrected chi connectivity index (χ3v) is 6.54. The summed E-state index contributed by atoms with van der Waals surface area (Å²) in [5.41, 5.74) is -2.35. The summed E-state index contributed by atoms with van der Waals surface area (Å²) < 4.78 is 86.4. The molecule has 2 aromatic rings. The fourth-order valence-electron chi connectivity index (χ4n) is 4.32. The van der Waals surface area contributed by atoms with Gasteiger partial charge in [0.15, 0.2) is 5.54 Å². The summed E-state index contributed by atoms with van der Waals surface area (Å²) in [4.78, 5) is 26.1. The van der Waals surface area contributed by atoms with Gasteiger partial charge in [-0.25, -0.2) is 0 Å². The van der Waals surface area contributed by atoms with Crippen LogP contribution in [0, 0.1) is 6.92 Å². The molecular formula is C27H26F6N2O3. The van der Waals surface area contributed by atoms with Crippen molar-refractivity contribution in [2.75, 3.05) is 6.61 Å². The first-order chi connectivity index (χ1) is 17.8. The maximum atomic E-state index is 14.7. The van der Waals surface area contributed by atoms with E-state index in [1.54, 1.807) is 31.2 Å². The number of ether oxygens (including phenoxy) is 1. The number of halogens is 6. The molecule has 1 atom stereocenters. The van der Waals surface area contributed by atoms with Gasteiger partial charge >= 0.3 is 12.4 Å². The number of nitrogens with one attached hydrogen (secondary N) is 2. The Morgan fingerprint density at radius 1 is 1.03 bits per heavy atom. The number of alkyl halides is 6. The van der Waals surface area contributed by atoms with Crippen LogP contribution in [-0.4, -0.2) is 36.8 Å². The highest BCUT2D eigenvalue weighted by Gasteiger charge is 2.60. The second-order valence-electron chi connectivity index (χ2n) is 9.59. The van der Waals surface area contributed by atoms with Crippen LogP contribution in [0.3, 0.4) is 0 Å². The average Bonchev–Trinajstić information content (AvgIpc) is 3.64. The highest BCUT2D eigenvalue weighted by Crippen LogP contribution is 2.48. The molecule has 1 aliphatic carbocycles. The lowest BCUT2D eigenvalue weighted by Crippen LogP contribution is -2.59. The Hall–Kier alpha value is -3.50. The van der Waals surface area contributed by atoms with Gasteiger partial charge in [0.2, 0.25) is 0 Å². The smallest absolute Gasteiger partial charge is 0.416 e. The van der Waals surface area contributed by atoms with Gasteiger partial charge in [0.1, 0.15) is 11.3 Å². The van der Waals surface area contributed by atoms with E-state index in [4.69, 9.17) is 4.74 Å². The van der Waals surface area contributed by atoms with E-state index < -0.39 is 42.5 Å². The first kappa shape index (κ1) is 27.5. The van der Waals surface area contributed by atoms with Crippen molar-refractivity contribution in [3.63, 3.8) is 0 Å². The maximum Gasteiger partial charge on any atom is 0.416 e. The largest absolute Gasteiger partial charge is 0.494 e. The monoisotopic (exact) mass is 540 g/mol. The molecule has 1 aliphatic heterocycles. The van der Waals surface area contributed by atoms with Crippen LogP contribution in [0.4, 0.5) is 26.3 Å². The van der Waals surface area contributed by atoms with Gasteiger partial charge in [0, 0.05) is 18.9 Å². The van der Waals surface area contributed by atoms with Crippen LogP contribution < -0.4 is 15.4 Å². The number of hydrogen-bond acceptors (Lipinski definition) is 3. The molecule has 0 spiro atoms. The van der Waals surface area contributed by atoms with Crippen LogP contribution in [0.1, 0.15) is 48.8 Å². The Morgan fingerprint density at radius 3 is 2.21 bits per heavy atom. The SMILES string of the molecule is Cc1ccc(C2=C(C(=O)NC3CC3)C(=O)NC(c3ccc(OCCCC(F)(F)F)cc3)(C(F)(F)F)C2)cc1. The van der Waals surface area contributed by atoms with Gasteiger partial charge < -0.3 is 15.4 Å². The molecule has 5 nitrogen and oxygen atoms in total. The lowest BCUT2D eigenvalue weighted by atomic mass is 9.76. The van der Waals surface area contributed by atoms with E-state index in [9.17, 15) is 35.9 Å². The summed E-state index contributed by atoms with van der Waals surface area (Å²) in [5.74, 6) is -1.78. The van der Waals surface area contributed by atoms with Crippen molar-refractivity contribution in [2.45, 2.75) is 63.0 Å². The van der Waals surface area contributed by atoms with Gasteiger partial charge in [0.05, 0.1) is 6.61 Å². The number of carbonyl (C=O) groups excluding carboxylic acids is 2. The van der Waals surface area contributed by atoms with Crippen LogP contribution in [-0.2, 0) is 15.1 Å². The maximum absolute atomic E-state index is 14.7. The molecule has 1 heterocycles. The van der Waals surface area contributed by atoms with Gasteiger partial charge in [-0.1, -0.05) is 42.0 Å². The highest BCUT2D eigenvalue weighted by atomic mass is 19.4. The third-order valence-electron chi connectivity index (χ3n) is 6.54. The Bertz CT molecular complexity index is 1220. The highest BCUT2D eigenvalue weighted by molar-refractivity contribution is 6.25. The zero-order chi connectivity index (χ0) is 27.7. The molecule has 2 aliphatic rings. The van der Waals surface area contributed by atoms with Gasteiger partial charge in [-0.05, 0) is 55.0 Å². The summed E-state index contributed by atoms with van der Waals surface area (Å²) in [6.07, 6.45) is -9.89. The molecule has 2 amide bonds. The molecule has 1 saturated carbocycles. The van der Waals surface area contributed by atoms with E-state index in [0.29, 0.717) is 5.56 Å². The minimum atomic E-state index is -4.95.